The smallest absolute Gasteiger partial charge is 0.253 e. The Labute approximate surface area is 164 Å². The average Bonchev–Trinajstić information content (AvgIpc) is 2.73. The first-order chi connectivity index (χ1) is 13.5. The van der Waals surface area contributed by atoms with Crippen molar-refractivity contribution in [1.29, 1.82) is 0 Å². The first kappa shape index (κ1) is 19.5. The standard InChI is InChI=1S/C21H25N3O4/c1-27-18-10-15(11-19(12-18)28-2)20(25)23-17-4-3-9-24(13-17)21(26)14-5-7-16(22)8-6-14/h5-8,10-12,17H,3-4,9,13,22H2,1-2H3,(H,23,25). The molecular formula is C21H25N3O4. The number of benzene rings is 2. The zero-order valence-electron chi connectivity index (χ0n) is 16.1. The van der Waals surface area contributed by atoms with Gasteiger partial charge >= 0.3 is 0 Å². The van der Waals surface area contributed by atoms with Gasteiger partial charge in [-0.05, 0) is 49.2 Å². The summed E-state index contributed by atoms with van der Waals surface area (Å²) in [5.74, 6) is 0.826. The third kappa shape index (κ3) is 4.54. The molecule has 0 aromatic heterocycles. The maximum Gasteiger partial charge on any atom is 0.253 e. The number of hydrogen-bond donors (Lipinski definition) is 2. The molecule has 2 aromatic carbocycles. The molecule has 1 saturated heterocycles. The quantitative estimate of drug-likeness (QED) is 0.773. The van der Waals surface area contributed by atoms with Crippen LogP contribution < -0.4 is 20.5 Å². The Morgan fingerprint density at radius 1 is 1.04 bits per heavy atom. The molecule has 0 saturated carbocycles. The summed E-state index contributed by atoms with van der Waals surface area (Å²) in [4.78, 5) is 27.2. The zero-order chi connectivity index (χ0) is 20.1. The number of amides is 2. The highest BCUT2D eigenvalue weighted by Crippen LogP contribution is 2.23. The lowest BCUT2D eigenvalue weighted by Gasteiger charge is -2.33. The Hall–Kier alpha value is -3.22. The van der Waals surface area contributed by atoms with E-state index in [2.05, 4.69) is 5.32 Å². The van der Waals surface area contributed by atoms with E-state index < -0.39 is 0 Å². The van der Waals surface area contributed by atoms with Crippen LogP contribution in [0.4, 0.5) is 5.69 Å². The SMILES string of the molecule is COc1cc(OC)cc(C(=O)NC2CCCN(C(=O)c3ccc(N)cc3)C2)c1. The van der Waals surface area contributed by atoms with Crippen molar-refractivity contribution in [2.24, 2.45) is 0 Å². The van der Waals surface area contributed by atoms with Crippen LogP contribution in [0.25, 0.3) is 0 Å². The van der Waals surface area contributed by atoms with Crippen LogP contribution in [0.3, 0.4) is 0 Å². The monoisotopic (exact) mass is 383 g/mol. The van der Waals surface area contributed by atoms with E-state index in [0.29, 0.717) is 41.4 Å². The molecule has 0 aliphatic carbocycles. The molecular weight excluding hydrogens is 358 g/mol. The number of nitrogen functional groups attached to an aromatic ring is 1. The van der Waals surface area contributed by atoms with Crippen LogP contribution in [0.5, 0.6) is 11.5 Å². The highest BCUT2D eigenvalue weighted by molar-refractivity contribution is 5.96. The van der Waals surface area contributed by atoms with Crippen molar-refractivity contribution in [2.45, 2.75) is 18.9 Å². The number of carbonyl (C=O) groups is 2. The van der Waals surface area contributed by atoms with Gasteiger partial charge < -0.3 is 25.4 Å². The van der Waals surface area contributed by atoms with Gasteiger partial charge in [-0.1, -0.05) is 0 Å². The average molecular weight is 383 g/mol. The minimum atomic E-state index is -0.219. The Morgan fingerprint density at radius 2 is 1.68 bits per heavy atom. The maximum atomic E-state index is 12.7. The van der Waals surface area contributed by atoms with Gasteiger partial charge in [0.25, 0.3) is 11.8 Å². The number of nitrogens with one attached hydrogen (secondary N) is 1. The third-order valence-electron chi connectivity index (χ3n) is 4.82. The van der Waals surface area contributed by atoms with Crippen LogP contribution >= 0.6 is 0 Å². The Bertz CT molecular complexity index is 829. The van der Waals surface area contributed by atoms with E-state index >= 15 is 0 Å². The summed E-state index contributed by atoms with van der Waals surface area (Å²) in [5.41, 5.74) is 7.36. The van der Waals surface area contributed by atoms with Gasteiger partial charge in [-0.3, -0.25) is 9.59 Å². The molecule has 1 heterocycles. The molecule has 7 nitrogen and oxygen atoms in total. The number of ether oxygens (including phenoxy) is 2. The fraction of sp³-hybridized carbons (Fsp3) is 0.333. The number of carbonyl (C=O) groups excluding carboxylic acids is 2. The fourth-order valence-corrected chi connectivity index (χ4v) is 3.29. The first-order valence-corrected chi connectivity index (χ1v) is 9.19. The number of piperidine rings is 1. The number of likely N-dealkylation sites (tertiary alicyclic amines) is 1. The van der Waals surface area contributed by atoms with Crippen LogP contribution in [0.15, 0.2) is 42.5 Å². The van der Waals surface area contributed by atoms with E-state index in [1.165, 1.54) is 14.2 Å². The summed E-state index contributed by atoms with van der Waals surface area (Å²) in [7, 11) is 3.08. The molecule has 28 heavy (non-hydrogen) atoms. The molecule has 1 aliphatic rings. The van der Waals surface area contributed by atoms with E-state index in [1.54, 1.807) is 47.4 Å². The van der Waals surface area contributed by atoms with Crippen molar-refractivity contribution < 1.29 is 19.1 Å². The van der Waals surface area contributed by atoms with Crippen molar-refractivity contribution >= 4 is 17.5 Å². The van der Waals surface area contributed by atoms with E-state index in [9.17, 15) is 9.59 Å². The molecule has 0 spiro atoms. The lowest BCUT2D eigenvalue weighted by molar-refractivity contribution is 0.0676. The van der Waals surface area contributed by atoms with E-state index in [-0.39, 0.29) is 17.9 Å². The highest BCUT2D eigenvalue weighted by atomic mass is 16.5. The van der Waals surface area contributed by atoms with Gasteiger partial charge in [-0.2, -0.15) is 0 Å². The maximum absolute atomic E-state index is 12.7. The number of hydrogen-bond acceptors (Lipinski definition) is 5. The molecule has 1 aliphatic heterocycles. The van der Waals surface area contributed by atoms with Gasteiger partial charge in [0.2, 0.25) is 0 Å². The van der Waals surface area contributed by atoms with Gasteiger partial charge in [-0.15, -0.1) is 0 Å². The first-order valence-electron chi connectivity index (χ1n) is 9.19. The van der Waals surface area contributed by atoms with E-state index in [1.807, 2.05) is 0 Å². The third-order valence-corrected chi connectivity index (χ3v) is 4.82. The zero-order valence-corrected chi connectivity index (χ0v) is 16.1. The van der Waals surface area contributed by atoms with E-state index in [0.717, 1.165) is 12.8 Å². The Balaban J connectivity index is 1.67. The molecule has 1 atom stereocenters. The van der Waals surface area contributed by atoms with Crippen LogP contribution in [-0.2, 0) is 0 Å². The second-order valence-electron chi connectivity index (χ2n) is 6.79. The summed E-state index contributed by atoms with van der Waals surface area (Å²) >= 11 is 0. The number of nitrogens with two attached hydrogens (primary N) is 1. The minimum Gasteiger partial charge on any atom is -0.497 e. The highest BCUT2D eigenvalue weighted by Gasteiger charge is 2.26. The molecule has 2 aromatic rings. The molecule has 7 heteroatoms. The van der Waals surface area contributed by atoms with Crippen molar-refractivity contribution in [1.82, 2.24) is 10.2 Å². The molecule has 0 radical (unpaired) electrons. The van der Waals surface area contributed by atoms with Gasteiger partial charge in [0, 0.05) is 42.0 Å². The largest absolute Gasteiger partial charge is 0.497 e. The van der Waals surface area contributed by atoms with Crippen LogP contribution in [0, 0.1) is 0 Å². The molecule has 1 unspecified atom stereocenters. The lowest BCUT2D eigenvalue weighted by Crippen LogP contribution is -2.49. The number of rotatable bonds is 5. The summed E-state index contributed by atoms with van der Waals surface area (Å²) in [5, 5.41) is 3.02. The minimum absolute atomic E-state index is 0.0537. The topological polar surface area (TPSA) is 93.9 Å². The molecule has 1 fully saturated rings. The predicted octanol–water partition coefficient (Wildman–Crippen LogP) is 2.32. The van der Waals surface area contributed by atoms with Crippen LogP contribution in [0.2, 0.25) is 0 Å². The molecule has 3 N–H and O–H groups in total. The van der Waals surface area contributed by atoms with Gasteiger partial charge in [0.05, 0.1) is 14.2 Å². The van der Waals surface area contributed by atoms with Crippen LogP contribution in [0.1, 0.15) is 33.6 Å². The van der Waals surface area contributed by atoms with Gasteiger partial charge in [0.15, 0.2) is 0 Å². The molecule has 3 rings (SSSR count). The van der Waals surface area contributed by atoms with Crippen molar-refractivity contribution in [3.8, 4) is 11.5 Å². The second-order valence-corrected chi connectivity index (χ2v) is 6.79. The number of nitrogens with zero attached hydrogens (tertiary/aromatic N) is 1. The van der Waals surface area contributed by atoms with Crippen molar-refractivity contribution in [3.63, 3.8) is 0 Å². The van der Waals surface area contributed by atoms with E-state index in [4.69, 9.17) is 15.2 Å². The summed E-state index contributed by atoms with van der Waals surface area (Å²) < 4.78 is 10.4. The Morgan fingerprint density at radius 3 is 2.29 bits per heavy atom. The lowest BCUT2D eigenvalue weighted by atomic mass is 10.0. The van der Waals surface area contributed by atoms with Crippen molar-refractivity contribution in [2.75, 3.05) is 33.0 Å². The summed E-state index contributed by atoms with van der Waals surface area (Å²) in [6.45, 7) is 1.14. The predicted molar refractivity (Wildman–Crippen MR) is 107 cm³/mol. The van der Waals surface area contributed by atoms with Crippen molar-refractivity contribution in [3.05, 3.63) is 53.6 Å². The fourth-order valence-electron chi connectivity index (χ4n) is 3.29. The van der Waals surface area contributed by atoms with Crippen LogP contribution in [-0.4, -0.2) is 50.1 Å². The number of anilines is 1. The normalized spacial score (nSPS) is 16.4. The van der Waals surface area contributed by atoms with Gasteiger partial charge in [-0.25, -0.2) is 0 Å². The summed E-state index contributed by atoms with van der Waals surface area (Å²) in [6.07, 6.45) is 1.64. The second kappa shape index (κ2) is 8.65. The number of methoxy groups -OCH3 is 2. The summed E-state index contributed by atoms with van der Waals surface area (Å²) in [6, 6.07) is 11.8. The molecule has 2 amide bonds. The Kier molecular flexibility index (Phi) is 6.03. The van der Waals surface area contributed by atoms with Gasteiger partial charge in [0.1, 0.15) is 11.5 Å². The molecule has 0 bridgehead atoms. The molecule has 148 valence electrons.